The number of amides is 1. The van der Waals surface area contributed by atoms with E-state index in [0.29, 0.717) is 11.5 Å². The van der Waals surface area contributed by atoms with Crippen LogP contribution in [0.3, 0.4) is 0 Å². The number of rotatable bonds is 6. The summed E-state index contributed by atoms with van der Waals surface area (Å²) in [5.74, 6) is 0.673. The third kappa shape index (κ3) is 4.09. The quantitative estimate of drug-likeness (QED) is 0.887. The molecule has 126 valence electrons. The summed E-state index contributed by atoms with van der Waals surface area (Å²) in [5.41, 5.74) is 3.11. The van der Waals surface area contributed by atoms with Crippen LogP contribution in [0.4, 0.5) is 0 Å². The van der Waals surface area contributed by atoms with Gasteiger partial charge in [0, 0.05) is 18.8 Å². The van der Waals surface area contributed by atoms with Crippen molar-refractivity contribution in [1.82, 2.24) is 20.1 Å². The van der Waals surface area contributed by atoms with Crippen LogP contribution >= 0.6 is 0 Å². The highest BCUT2D eigenvalue weighted by Crippen LogP contribution is 2.21. The van der Waals surface area contributed by atoms with Crippen molar-refractivity contribution in [3.63, 3.8) is 0 Å². The summed E-state index contributed by atoms with van der Waals surface area (Å²) in [6.07, 6.45) is 3.33. The molecule has 0 saturated carbocycles. The fourth-order valence-electron chi connectivity index (χ4n) is 2.96. The minimum absolute atomic E-state index is 0.0337. The van der Waals surface area contributed by atoms with Crippen LogP contribution in [-0.4, -0.2) is 26.7 Å². The molecule has 1 atom stereocenters. The molecule has 2 aromatic heterocycles. The molecule has 0 spiro atoms. The van der Waals surface area contributed by atoms with Crippen molar-refractivity contribution in [2.24, 2.45) is 13.0 Å². The molecule has 1 N–H and O–H groups in total. The van der Waals surface area contributed by atoms with Crippen LogP contribution in [0, 0.1) is 19.8 Å². The largest absolute Gasteiger partial charge is 0.350 e. The second kappa shape index (κ2) is 7.11. The van der Waals surface area contributed by atoms with Crippen LogP contribution in [-0.2, 0) is 7.05 Å². The summed E-state index contributed by atoms with van der Waals surface area (Å²) in [7, 11) is 1.86. The van der Waals surface area contributed by atoms with Gasteiger partial charge in [-0.2, -0.15) is 5.10 Å². The van der Waals surface area contributed by atoms with E-state index in [4.69, 9.17) is 0 Å². The highest BCUT2D eigenvalue weighted by atomic mass is 16.1. The Kier molecular flexibility index (Phi) is 5.39. The smallest absolute Gasteiger partial charge is 0.252 e. The molecule has 23 heavy (non-hydrogen) atoms. The van der Waals surface area contributed by atoms with Crippen molar-refractivity contribution in [3.05, 3.63) is 23.0 Å². The van der Waals surface area contributed by atoms with Crippen LogP contribution in [0.5, 0.6) is 0 Å². The third-order valence-electron chi connectivity index (χ3n) is 4.14. The fourth-order valence-corrected chi connectivity index (χ4v) is 2.96. The summed E-state index contributed by atoms with van der Waals surface area (Å²) in [4.78, 5) is 17.2. The zero-order chi connectivity index (χ0) is 17.1. The Hall–Kier alpha value is -1.91. The van der Waals surface area contributed by atoms with Gasteiger partial charge in [0.15, 0.2) is 5.65 Å². The standard InChI is InChI=1S/C18H28N4O/c1-11(2)8-7-9-12(3)20-18(23)15-10-13(4)19-17-16(15)14(5)21-22(17)6/h10-12H,7-9H2,1-6H3,(H,20,23). The third-order valence-corrected chi connectivity index (χ3v) is 4.14. The molecule has 0 fully saturated rings. The second-order valence-electron chi connectivity index (χ2n) is 6.92. The van der Waals surface area contributed by atoms with Crippen LogP contribution in [0.15, 0.2) is 6.07 Å². The second-order valence-corrected chi connectivity index (χ2v) is 6.92. The Labute approximate surface area is 138 Å². The Bertz CT molecular complexity index is 703. The monoisotopic (exact) mass is 316 g/mol. The first-order valence-corrected chi connectivity index (χ1v) is 8.41. The lowest BCUT2D eigenvalue weighted by molar-refractivity contribution is 0.0939. The predicted octanol–water partition coefficient (Wildman–Crippen LogP) is 3.53. The summed E-state index contributed by atoms with van der Waals surface area (Å²) in [6.45, 7) is 10.3. The molecule has 0 aromatic carbocycles. The number of aromatic nitrogens is 3. The number of carbonyl (C=O) groups excluding carboxylic acids is 1. The number of carbonyl (C=O) groups is 1. The van der Waals surface area contributed by atoms with E-state index in [1.165, 1.54) is 6.42 Å². The van der Waals surface area contributed by atoms with E-state index in [-0.39, 0.29) is 11.9 Å². The van der Waals surface area contributed by atoms with Crippen LogP contribution in [0.2, 0.25) is 0 Å². The zero-order valence-electron chi connectivity index (χ0n) is 15.1. The molecule has 0 radical (unpaired) electrons. The molecule has 2 heterocycles. The van der Waals surface area contributed by atoms with Gasteiger partial charge in [-0.15, -0.1) is 0 Å². The number of nitrogens with zero attached hydrogens (tertiary/aromatic N) is 3. The molecule has 0 saturated heterocycles. The van der Waals surface area contributed by atoms with E-state index in [0.717, 1.165) is 35.3 Å². The fraction of sp³-hybridized carbons (Fsp3) is 0.611. The average molecular weight is 316 g/mol. The van der Waals surface area contributed by atoms with Crippen molar-refractivity contribution in [3.8, 4) is 0 Å². The van der Waals surface area contributed by atoms with Crippen molar-refractivity contribution < 1.29 is 4.79 Å². The summed E-state index contributed by atoms with van der Waals surface area (Å²) in [5, 5.41) is 8.37. The minimum Gasteiger partial charge on any atom is -0.350 e. The van der Waals surface area contributed by atoms with E-state index in [1.807, 2.05) is 27.0 Å². The first-order chi connectivity index (χ1) is 10.8. The molecule has 1 amide bonds. The molecule has 0 aliphatic carbocycles. The average Bonchev–Trinajstić information content (AvgIpc) is 2.72. The van der Waals surface area contributed by atoms with Crippen LogP contribution in [0.25, 0.3) is 11.0 Å². The minimum atomic E-state index is -0.0337. The van der Waals surface area contributed by atoms with E-state index >= 15 is 0 Å². The topological polar surface area (TPSA) is 59.8 Å². The maximum atomic E-state index is 12.7. The van der Waals surface area contributed by atoms with Gasteiger partial charge < -0.3 is 5.32 Å². The molecular formula is C18H28N4O. The normalized spacial score (nSPS) is 12.8. The SMILES string of the molecule is Cc1cc(C(=O)NC(C)CCCC(C)C)c2c(C)nn(C)c2n1. The van der Waals surface area contributed by atoms with Gasteiger partial charge in [-0.05, 0) is 39.2 Å². The molecule has 0 aliphatic heterocycles. The molecular weight excluding hydrogens is 288 g/mol. The molecule has 5 heteroatoms. The number of hydrogen-bond donors (Lipinski definition) is 1. The maximum absolute atomic E-state index is 12.7. The van der Waals surface area contributed by atoms with Crippen molar-refractivity contribution in [1.29, 1.82) is 0 Å². The maximum Gasteiger partial charge on any atom is 0.252 e. The highest BCUT2D eigenvalue weighted by molar-refractivity contribution is 6.06. The van der Waals surface area contributed by atoms with Gasteiger partial charge in [0.05, 0.1) is 16.6 Å². The Balaban J connectivity index is 2.18. The van der Waals surface area contributed by atoms with Gasteiger partial charge >= 0.3 is 0 Å². The molecule has 2 aromatic rings. The van der Waals surface area contributed by atoms with E-state index < -0.39 is 0 Å². The number of fused-ring (bicyclic) bond motifs is 1. The van der Waals surface area contributed by atoms with Gasteiger partial charge in [0.25, 0.3) is 5.91 Å². The highest BCUT2D eigenvalue weighted by Gasteiger charge is 2.18. The molecule has 2 rings (SSSR count). The lowest BCUT2D eigenvalue weighted by Gasteiger charge is -2.15. The van der Waals surface area contributed by atoms with Crippen molar-refractivity contribution >= 4 is 16.9 Å². The van der Waals surface area contributed by atoms with Gasteiger partial charge in [0.2, 0.25) is 0 Å². The van der Waals surface area contributed by atoms with Gasteiger partial charge in [-0.25, -0.2) is 4.98 Å². The van der Waals surface area contributed by atoms with Crippen molar-refractivity contribution in [2.45, 2.75) is 59.9 Å². The van der Waals surface area contributed by atoms with E-state index in [1.54, 1.807) is 4.68 Å². The van der Waals surface area contributed by atoms with Gasteiger partial charge in [-0.1, -0.05) is 26.7 Å². The number of aryl methyl sites for hydroxylation is 3. The molecule has 1 unspecified atom stereocenters. The summed E-state index contributed by atoms with van der Waals surface area (Å²) < 4.78 is 1.74. The lowest BCUT2D eigenvalue weighted by Crippen LogP contribution is -2.32. The zero-order valence-corrected chi connectivity index (χ0v) is 15.1. The molecule has 0 bridgehead atoms. The number of pyridine rings is 1. The number of hydrogen-bond acceptors (Lipinski definition) is 3. The molecule has 0 aliphatic rings. The summed E-state index contributed by atoms with van der Waals surface area (Å²) in [6, 6.07) is 2.02. The van der Waals surface area contributed by atoms with Gasteiger partial charge in [-0.3, -0.25) is 9.48 Å². The summed E-state index contributed by atoms with van der Waals surface area (Å²) >= 11 is 0. The van der Waals surface area contributed by atoms with E-state index in [9.17, 15) is 4.79 Å². The van der Waals surface area contributed by atoms with E-state index in [2.05, 4.69) is 36.2 Å². The Morgan fingerprint density at radius 1 is 1.26 bits per heavy atom. The first kappa shape index (κ1) is 17.4. The number of nitrogens with one attached hydrogen (secondary N) is 1. The van der Waals surface area contributed by atoms with Gasteiger partial charge in [0.1, 0.15) is 0 Å². The Morgan fingerprint density at radius 2 is 1.96 bits per heavy atom. The molecule has 5 nitrogen and oxygen atoms in total. The first-order valence-electron chi connectivity index (χ1n) is 8.41. The predicted molar refractivity (Wildman–Crippen MR) is 93.6 cm³/mol. The van der Waals surface area contributed by atoms with Crippen LogP contribution < -0.4 is 5.32 Å². The van der Waals surface area contributed by atoms with Crippen molar-refractivity contribution in [2.75, 3.05) is 0 Å². The Morgan fingerprint density at radius 3 is 2.61 bits per heavy atom. The lowest BCUT2D eigenvalue weighted by atomic mass is 10.0. The van der Waals surface area contributed by atoms with Crippen LogP contribution in [0.1, 0.15) is 61.8 Å².